The van der Waals surface area contributed by atoms with Gasteiger partial charge in [-0.15, -0.1) is 0 Å². The molecule has 180 valence electrons. The van der Waals surface area contributed by atoms with Crippen LogP contribution < -0.4 is 9.80 Å². The number of aliphatic hydroxyl groups excluding tert-OH is 2. The van der Waals surface area contributed by atoms with Gasteiger partial charge in [0.15, 0.2) is 9.95 Å². The number of rotatable bonds is 6. The Hall–Kier alpha value is -1.42. The van der Waals surface area contributed by atoms with Crippen molar-refractivity contribution in [3.63, 3.8) is 0 Å². The second-order valence-electron chi connectivity index (χ2n) is 6.67. The van der Waals surface area contributed by atoms with E-state index in [9.17, 15) is 10.2 Å². The number of benzene rings is 2. The van der Waals surface area contributed by atoms with E-state index in [-0.39, 0.29) is 0 Å². The van der Waals surface area contributed by atoms with Crippen LogP contribution in [0.25, 0.3) is 9.95 Å². The standard InChI is InChI=1S/2C10H14N3O.4ClH.Zn/c2*1-3-13(8(2)14)10-6-4-9(12-11)5-7-10;;;;;/h2*4-8,14H,3H2,1-2H3;4*1H;/q2*+1;;;;;+2/p-4. The molecule has 0 heterocycles. The SMILES string of the molecule is CCN(c1ccc([N+]#N)cc1)C(C)O.CCN(c1ccc([N+]#N)cc1)C(C)O.[Cl][Zn-2]([Cl])([Cl])[Cl]. The van der Waals surface area contributed by atoms with Gasteiger partial charge in [0.25, 0.3) is 0 Å². The molecule has 0 bridgehead atoms. The van der Waals surface area contributed by atoms with Crippen LogP contribution in [-0.4, -0.2) is 35.8 Å². The van der Waals surface area contributed by atoms with E-state index in [1.807, 2.05) is 47.9 Å². The number of halogens is 4. The molecule has 8 nitrogen and oxygen atoms in total. The van der Waals surface area contributed by atoms with Crippen molar-refractivity contribution in [3.05, 3.63) is 58.5 Å². The first-order valence-corrected chi connectivity index (χ1v) is 25.8. The number of anilines is 2. The van der Waals surface area contributed by atoms with Gasteiger partial charge in [0, 0.05) is 48.7 Å². The zero-order valence-electron chi connectivity index (χ0n) is 19.0. The molecule has 0 fully saturated rings. The molecule has 2 atom stereocenters. The summed E-state index contributed by atoms with van der Waals surface area (Å²) in [5.41, 5.74) is 2.84. The van der Waals surface area contributed by atoms with Gasteiger partial charge in [-0.05, 0) is 52.0 Å². The Bertz CT molecular complexity index is 822. The van der Waals surface area contributed by atoms with Crippen LogP contribution in [0.2, 0.25) is 0 Å². The minimum absolute atomic E-state index is 0.510. The molecule has 33 heavy (non-hydrogen) atoms. The first-order chi connectivity index (χ1) is 15.4. The van der Waals surface area contributed by atoms with Crippen molar-refractivity contribution >= 4 is 61.5 Å². The second kappa shape index (κ2) is 16.3. The van der Waals surface area contributed by atoms with Gasteiger partial charge in [0.2, 0.25) is 10.8 Å². The maximum absolute atomic E-state index is 9.45. The maximum atomic E-state index is 9.45. The molecule has 2 rings (SSSR count). The predicted molar refractivity (Wildman–Crippen MR) is 135 cm³/mol. The summed E-state index contributed by atoms with van der Waals surface area (Å²) in [7, 11) is 16.8. The fourth-order valence-corrected chi connectivity index (χ4v) is 2.75. The van der Waals surface area contributed by atoms with Gasteiger partial charge in [0.1, 0.15) is 12.5 Å². The van der Waals surface area contributed by atoms with Gasteiger partial charge in [-0.25, -0.2) is 0 Å². The monoisotopic (exact) mass is 588 g/mol. The molecule has 0 aliphatic heterocycles. The molecule has 0 aliphatic carbocycles. The number of diazo groups is 2. The topological polar surface area (TPSA) is 103 Å². The quantitative estimate of drug-likeness (QED) is 0.206. The summed E-state index contributed by atoms with van der Waals surface area (Å²) in [4.78, 5) is 9.79. The molecular formula is C20H28Cl4N6O2Zn. The predicted octanol–water partition coefficient (Wildman–Crippen LogP) is 7.43. The van der Waals surface area contributed by atoms with E-state index >= 15 is 0 Å². The fourth-order valence-electron chi connectivity index (χ4n) is 2.75. The molecule has 0 aromatic heterocycles. The molecule has 0 saturated heterocycles. The van der Waals surface area contributed by atoms with Crippen LogP contribution in [0.3, 0.4) is 0 Å². The van der Waals surface area contributed by atoms with E-state index in [1.165, 1.54) is 0 Å². The van der Waals surface area contributed by atoms with E-state index in [0.29, 0.717) is 11.4 Å². The van der Waals surface area contributed by atoms with Gasteiger partial charge >= 0.3 is 61.0 Å². The van der Waals surface area contributed by atoms with E-state index < -0.39 is 23.3 Å². The van der Waals surface area contributed by atoms with E-state index in [1.54, 1.807) is 38.1 Å². The third-order valence-electron chi connectivity index (χ3n) is 4.18. The average Bonchev–Trinajstić information content (AvgIpc) is 2.74. The Balaban J connectivity index is 0.000000517. The van der Waals surface area contributed by atoms with Gasteiger partial charge in [-0.2, -0.15) is 0 Å². The molecular weight excluding hydrogens is 563 g/mol. The fraction of sp³-hybridized carbons (Fsp3) is 0.400. The van der Waals surface area contributed by atoms with Crippen molar-refractivity contribution < 1.29 is 21.0 Å². The van der Waals surface area contributed by atoms with Crippen molar-refractivity contribution in [1.29, 1.82) is 10.8 Å². The van der Waals surface area contributed by atoms with Crippen molar-refractivity contribution in [2.24, 2.45) is 0 Å². The number of nitrogens with zero attached hydrogens (tertiary/aromatic N) is 6. The van der Waals surface area contributed by atoms with Gasteiger partial charge in [0.05, 0.1) is 0 Å². The zero-order valence-corrected chi connectivity index (χ0v) is 25.0. The molecule has 0 aliphatic rings. The summed E-state index contributed by atoms with van der Waals surface area (Å²) in [6.45, 7) is 8.83. The van der Waals surface area contributed by atoms with Crippen molar-refractivity contribution in [2.45, 2.75) is 40.2 Å². The van der Waals surface area contributed by atoms with Crippen LogP contribution in [0.1, 0.15) is 27.7 Å². The molecule has 0 radical (unpaired) electrons. The normalized spacial score (nSPS) is 11.9. The van der Waals surface area contributed by atoms with Gasteiger partial charge < -0.3 is 20.0 Å². The van der Waals surface area contributed by atoms with Crippen LogP contribution in [0.4, 0.5) is 22.7 Å². The summed E-state index contributed by atoms with van der Waals surface area (Å²) >= 11 is 0. The van der Waals surface area contributed by atoms with Crippen LogP contribution in [0.15, 0.2) is 48.5 Å². The Kier molecular flexibility index (Phi) is 15.6. The Labute approximate surface area is 213 Å². The van der Waals surface area contributed by atoms with Crippen LogP contribution in [-0.2, 0) is 10.8 Å². The zero-order chi connectivity index (χ0) is 25.6. The molecule has 0 amide bonds. The first-order valence-electron chi connectivity index (χ1n) is 10.2. The molecule has 2 aromatic carbocycles. The third kappa shape index (κ3) is 13.8. The Morgan fingerprint density at radius 2 is 0.970 bits per heavy atom. The van der Waals surface area contributed by atoms with Gasteiger partial charge in [-0.1, -0.05) is 0 Å². The van der Waals surface area contributed by atoms with Crippen LogP contribution in [0, 0.1) is 10.8 Å². The molecule has 2 aromatic rings. The molecule has 13 heteroatoms. The van der Waals surface area contributed by atoms with Gasteiger partial charge in [-0.3, -0.25) is 0 Å². The summed E-state index contributed by atoms with van der Waals surface area (Å²) in [6.07, 6.45) is -1.03. The average molecular weight is 592 g/mol. The Morgan fingerprint density at radius 3 is 1.12 bits per heavy atom. The summed E-state index contributed by atoms with van der Waals surface area (Å²) in [6, 6.07) is 14.0. The van der Waals surface area contributed by atoms with E-state index in [4.69, 9.17) is 49.5 Å². The van der Waals surface area contributed by atoms with Crippen molar-refractivity contribution in [1.82, 2.24) is 0 Å². The van der Waals surface area contributed by atoms with Crippen LogP contribution in [0.5, 0.6) is 0 Å². The minimum atomic E-state index is -3.36. The third-order valence-corrected chi connectivity index (χ3v) is 4.18. The molecule has 0 saturated carbocycles. The molecule has 0 spiro atoms. The Morgan fingerprint density at radius 1 is 0.727 bits per heavy atom. The van der Waals surface area contributed by atoms with Crippen molar-refractivity contribution in [2.75, 3.05) is 22.9 Å². The number of aliphatic hydroxyl groups is 2. The summed E-state index contributed by atoms with van der Waals surface area (Å²) < 4.78 is 0. The number of hydrogen-bond donors (Lipinski definition) is 2. The molecule has 2 N–H and O–H groups in total. The van der Waals surface area contributed by atoms with E-state index in [2.05, 4.69) is 9.95 Å². The van der Waals surface area contributed by atoms with Crippen molar-refractivity contribution in [3.8, 4) is 0 Å². The summed E-state index contributed by atoms with van der Waals surface area (Å²) in [5, 5.41) is 35.9. The number of hydrogen-bond acceptors (Lipinski definition) is 6. The molecule has 2 unspecified atom stereocenters. The summed E-state index contributed by atoms with van der Waals surface area (Å²) in [5.74, 6) is 0. The first kappa shape index (κ1) is 31.6. The van der Waals surface area contributed by atoms with Crippen LogP contribution >= 0.6 is 38.8 Å². The van der Waals surface area contributed by atoms with E-state index in [0.717, 1.165) is 24.5 Å². The second-order valence-corrected chi connectivity index (χ2v) is 34.4.